The molecule has 0 aliphatic carbocycles. The Morgan fingerprint density at radius 1 is 1.19 bits per heavy atom. The summed E-state index contributed by atoms with van der Waals surface area (Å²) >= 11 is 13.1. The minimum absolute atomic E-state index is 0.0432. The van der Waals surface area contributed by atoms with Gasteiger partial charge in [-0.15, -0.1) is 0 Å². The van der Waals surface area contributed by atoms with Gasteiger partial charge in [-0.25, -0.2) is 0 Å². The van der Waals surface area contributed by atoms with Crippen LogP contribution in [0.3, 0.4) is 0 Å². The van der Waals surface area contributed by atoms with E-state index >= 15 is 0 Å². The van der Waals surface area contributed by atoms with Crippen LogP contribution in [0.2, 0.25) is 5.02 Å². The fourth-order valence-electron chi connectivity index (χ4n) is 2.11. The molecule has 0 fully saturated rings. The first-order valence-corrected chi connectivity index (χ1v) is 8.25. The third kappa shape index (κ3) is 4.20. The van der Waals surface area contributed by atoms with E-state index in [4.69, 9.17) is 22.2 Å². The second-order valence-electron chi connectivity index (χ2n) is 4.56. The van der Waals surface area contributed by atoms with Crippen LogP contribution in [-0.4, -0.2) is 7.11 Å². The van der Waals surface area contributed by atoms with Gasteiger partial charge < -0.3 is 4.74 Å². The van der Waals surface area contributed by atoms with Gasteiger partial charge in [-0.1, -0.05) is 33.6 Å². The Labute approximate surface area is 146 Å². The maximum absolute atomic E-state index is 6.07. The standard InChI is InChI=1S/C15H15Br2ClN2O/c1-21-15-5-2-9(6-13(15)17)7-14(20-19)11-8-10(18)3-4-12(11)16/h2-6,8,14,20H,7,19H2,1H3. The zero-order valence-electron chi connectivity index (χ0n) is 11.4. The number of hydrogen-bond donors (Lipinski definition) is 2. The summed E-state index contributed by atoms with van der Waals surface area (Å²) in [5.74, 6) is 6.52. The highest BCUT2D eigenvalue weighted by Gasteiger charge is 2.15. The quantitative estimate of drug-likeness (QED) is 0.533. The van der Waals surface area contributed by atoms with Gasteiger partial charge in [-0.05, 0) is 63.8 Å². The summed E-state index contributed by atoms with van der Waals surface area (Å²) < 4.78 is 7.13. The van der Waals surface area contributed by atoms with E-state index in [0.29, 0.717) is 5.02 Å². The van der Waals surface area contributed by atoms with Crippen LogP contribution in [0.1, 0.15) is 17.2 Å². The molecule has 3 N–H and O–H groups in total. The Morgan fingerprint density at radius 2 is 1.95 bits per heavy atom. The second kappa shape index (κ2) is 7.61. The molecule has 112 valence electrons. The highest BCUT2D eigenvalue weighted by molar-refractivity contribution is 9.10. The summed E-state index contributed by atoms with van der Waals surface area (Å²) in [7, 11) is 1.65. The number of hydrazine groups is 1. The van der Waals surface area contributed by atoms with Crippen LogP contribution in [0.15, 0.2) is 45.3 Å². The molecule has 3 nitrogen and oxygen atoms in total. The highest BCUT2D eigenvalue weighted by Crippen LogP contribution is 2.31. The second-order valence-corrected chi connectivity index (χ2v) is 6.70. The molecule has 0 bridgehead atoms. The average molecular weight is 435 g/mol. The molecule has 0 amide bonds. The van der Waals surface area contributed by atoms with Crippen molar-refractivity contribution in [3.63, 3.8) is 0 Å². The predicted octanol–water partition coefficient (Wildman–Crippen LogP) is 4.62. The minimum Gasteiger partial charge on any atom is -0.496 e. The number of benzene rings is 2. The molecule has 0 saturated carbocycles. The lowest BCUT2D eigenvalue weighted by Gasteiger charge is -2.19. The van der Waals surface area contributed by atoms with E-state index in [1.54, 1.807) is 7.11 Å². The zero-order valence-corrected chi connectivity index (χ0v) is 15.3. The van der Waals surface area contributed by atoms with E-state index in [0.717, 1.165) is 32.2 Å². The number of rotatable bonds is 5. The first-order valence-electron chi connectivity index (χ1n) is 6.28. The van der Waals surface area contributed by atoms with E-state index in [2.05, 4.69) is 37.3 Å². The molecule has 6 heteroatoms. The Morgan fingerprint density at radius 3 is 2.57 bits per heavy atom. The zero-order chi connectivity index (χ0) is 15.4. The Kier molecular flexibility index (Phi) is 6.08. The fraction of sp³-hybridized carbons (Fsp3) is 0.200. The number of hydrogen-bond acceptors (Lipinski definition) is 3. The molecule has 0 radical (unpaired) electrons. The molecule has 21 heavy (non-hydrogen) atoms. The fourth-order valence-corrected chi connectivity index (χ4v) is 3.40. The van der Waals surface area contributed by atoms with E-state index in [1.165, 1.54) is 0 Å². The summed E-state index contributed by atoms with van der Waals surface area (Å²) in [6.45, 7) is 0. The van der Waals surface area contributed by atoms with Crippen LogP contribution < -0.4 is 16.0 Å². The Bertz CT molecular complexity index is 637. The molecule has 1 atom stereocenters. The molecule has 2 aromatic carbocycles. The number of nitrogens with one attached hydrogen (secondary N) is 1. The van der Waals surface area contributed by atoms with Gasteiger partial charge in [0, 0.05) is 9.50 Å². The Balaban J connectivity index is 2.26. The smallest absolute Gasteiger partial charge is 0.133 e. The van der Waals surface area contributed by atoms with Gasteiger partial charge in [0.1, 0.15) is 5.75 Å². The van der Waals surface area contributed by atoms with E-state index in [-0.39, 0.29) is 6.04 Å². The van der Waals surface area contributed by atoms with Gasteiger partial charge >= 0.3 is 0 Å². The topological polar surface area (TPSA) is 47.3 Å². The largest absolute Gasteiger partial charge is 0.496 e. The number of halogens is 3. The van der Waals surface area contributed by atoms with Gasteiger partial charge in [0.25, 0.3) is 0 Å². The number of ether oxygens (including phenoxy) is 1. The molecule has 0 aliphatic rings. The lowest BCUT2D eigenvalue weighted by atomic mass is 9.99. The van der Waals surface area contributed by atoms with Crippen molar-refractivity contribution < 1.29 is 4.74 Å². The molecule has 0 saturated heterocycles. The lowest BCUT2D eigenvalue weighted by molar-refractivity contribution is 0.412. The van der Waals surface area contributed by atoms with Crippen molar-refractivity contribution in [2.75, 3.05) is 7.11 Å². The molecule has 2 aromatic rings. The molecule has 1 unspecified atom stereocenters. The highest BCUT2D eigenvalue weighted by atomic mass is 79.9. The molecule has 0 spiro atoms. The monoisotopic (exact) mass is 432 g/mol. The first-order chi connectivity index (χ1) is 10.0. The minimum atomic E-state index is -0.0432. The molecular formula is C15H15Br2ClN2O. The average Bonchev–Trinajstić information content (AvgIpc) is 2.47. The number of methoxy groups -OCH3 is 1. The predicted molar refractivity (Wildman–Crippen MR) is 93.6 cm³/mol. The number of nitrogens with two attached hydrogens (primary N) is 1. The summed E-state index contributed by atoms with van der Waals surface area (Å²) in [4.78, 5) is 0. The first kappa shape index (κ1) is 16.8. The van der Waals surface area contributed by atoms with Crippen molar-refractivity contribution in [3.8, 4) is 5.75 Å². The van der Waals surface area contributed by atoms with E-state index in [1.807, 2.05) is 36.4 Å². The molecule has 0 aromatic heterocycles. The van der Waals surface area contributed by atoms with Crippen LogP contribution in [0.4, 0.5) is 0 Å². The summed E-state index contributed by atoms with van der Waals surface area (Å²) in [6, 6.07) is 11.6. The normalized spacial score (nSPS) is 12.2. The van der Waals surface area contributed by atoms with Crippen molar-refractivity contribution in [3.05, 3.63) is 61.5 Å². The molecule has 0 heterocycles. The van der Waals surface area contributed by atoms with Crippen molar-refractivity contribution in [1.29, 1.82) is 0 Å². The SMILES string of the molecule is COc1ccc(CC(NN)c2cc(Cl)ccc2Br)cc1Br. The maximum atomic E-state index is 6.07. The lowest BCUT2D eigenvalue weighted by Crippen LogP contribution is -2.29. The van der Waals surface area contributed by atoms with Crippen LogP contribution in [0, 0.1) is 0 Å². The van der Waals surface area contributed by atoms with Gasteiger partial charge in [0.05, 0.1) is 17.6 Å². The van der Waals surface area contributed by atoms with Crippen LogP contribution in [0.25, 0.3) is 0 Å². The van der Waals surface area contributed by atoms with Crippen molar-refractivity contribution >= 4 is 43.5 Å². The third-order valence-corrected chi connectivity index (χ3v) is 4.77. The van der Waals surface area contributed by atoms with Gasteiger partial charge in [-0.2, -0.15) is 0 Å². The van der Waals surface area contributed by atoms with Crippen molar-refractivity contribution in [2.45, 2.75) is 12.5 Å². The van der Waals surface area contributed by atoms with Crippen molar-refractivity contribution in [1.82, 2.24) is 5.43 Å². The van der Waals surface area contributed by atoms with Gasteiger partial charge in [-0.3, -0.25) is 11.3 Å². The van der Waals surface area contributed by atoms with E-state index < -0.39 is 0 Å². The third-order valence-electron chi connectivity index (χ3n) is 3.19. The van der Waals surface area contributed by atoms with Gasteiger partial charge in [0.2, 0.25) is 0 Å². The van der Waals surface area contributed by atoms with E-state index in [9.17, 15) is 0 Å². The molecule has 0 aliphatic heterocycles. The van der Waals surface area contributed by atoms with Gasteiger partial charge in [0.15, 0.2) is 0 Å². The van der Waals surface area contributed by atoms with Crippen molar-refractivity contribution in [2.24, 2.45) is 5.84 Å². The van der Waals surface area contributed by atoms with Crippen LogP contribution in [-0.2, 0) is 6.42 Å². The van der Waals surface area contributed by atoms with Crippen LogP contribution in [0.5, 0.6) is 5.75 Å². The summed E-state index contributed by atoms with van der Waals surface area (Å²) in [6.07, 6.45) is 0.734. The summed E-state index contributed by atoms with van der Waals surface area (Å²) in [5.41, 5.74) is 5.01. The maximum Gasteiger partial charge on any atom is 0.133 e. The summed E-state index contributed by atoms with van der Waals surface area (Å²) in [5, 5.41) is 0.685. The van der Waals surface area contributed by atoms with Crippen LogP contribution >= 0.6 is 43.5 Å². The Hall–Kier alpha value is -0.590. The molecular weight excluding hydrogens is 419 g/mol. The molecule has 2 rings (SSSR count).